The van der Waals surface area contributed by atoms with Gasteiger partial charge in [-0.3, -0.25) is 0 Å². The minimum Gasteiger partial charge on any atom is -0.492 e. The van der Waals surface area contributed by atoms with Crippen molar-refractivity contribution < 1.29 is 23.1 Å². The van der Waals surface area contributed by atoms with Gasteiger partial charge >= 0.3 is 5.97 Å². The number of sulfone groups is 1. The van der Waals surface area contributed by atoms with E-state index < -0.39 is 20.6 Å². The maximum Gasteiger partial charge on any atom is 0.335 e. The number of aromatic carboxylic acids is 1. The summed E-state index contributed by atoms with van der Waals surface area (Å²) in [4.78, 5) is 11.0. The molecule has 0 aromatic heterocycles. The molecule has 0 unspecified atom stereocenters. The third-order valence-corrected chi connectivity index (χ3v) is 5.81. The summed E-state index contributed by atoms with van der Waals surface area (Å²) >= 11 is 0. The smallest absolute Gasteiger partial charge is 0.335 e. The molecule has 0 aliphatic rings. The first-order valence-corrected chi connectivity index (χ1v) is 8.30. The second-order valence-corrected chi connectivity index (χ2v) is 8.89. The summed E-state index contributed by atoms with van der Waals surface area (Å²) in [6.07, 6.45) is 0. The van der Waals surface area contributed by atoms with Crippen molar-refractivity contribution in [2.45, 2.75) is 39.4 Å². The first kappa shape index (κ1) is 17.5. The lowest BCUT2D eigenvalue weighted by atomic mass is 10.1. The van der Waals surface area contributed by atoms with Gasteiger partial charge in [0.05, 0.1) is 16.1 Å². The van der Waals surface area contributed by atoms with Gasteiger partial charge in [0.25, 0.3) is 0 Å². The maximum absolute atomic E-state index is 12.0. The second-order valence-electron chi connectivity index (χ2n) is 6.02. The summed E-state index contributed by atoms with van der Waals surface area (Å²) < 4.78 is 28.7. The number of carboxylic acids is 1. The van der Waals surface area contributed by atoms with Crippen molar-refractivity contribution >= 4 is 15.8 Å². The van der Waals surface area contributed by atoms with Crippen LogP contribution in [0.4, 0.5) is 0 Å². The fourth-order valence-electron chi connectivity index (χ4n) is 1.86. The van der Waals surface area contributed by atoms with Crippen molar-refractivity contribution in [3.05, 3.63) is 28.8 Å². The van der Waals surface area contributed by atoms with Gasteiger partial charge in [0.1, 0.15) is 12.4 Å². The van der Waals surface area contributed by atoms with Crippen LogP contribution in [0.5, 0.6) is 5.75 Å². The number of rotatable bonds is 5. The van der Waals surface area contributed by atoms with Crippen LogP contribution in [0.25, 0.3) is 0 Å². The Morgan fingerprint density at radius 2 is 1.67 bits per heavy atom. The van der Waals surface area contributed by atoms with E-state index in [1.54, 1.807) is 34.6 Å². The number of carbonyl (C=O) groups is 1. The Morgan fingerprint density at radius 1 is 1.19 bits per heavy atom. The molecule has 1 N–H and O–H groups in total. The second kappa shape index (κ2) is 6.05. The normalized spacial score (nSPS) is 12.2. The largest absolute Gasteiger partial charge is 0.492 e. The van der Waals surface area contributed by atoms with Gasteiger partial charge in [0, 0.05) is 0 Å². The zero-order valence-electron chi connectivity index (χ0n) is 13.1. The molecule has 0 saturated heterocycles. The summed E-state index contributed by atoms with van der Waals surface area (Å²) in [5.41, 5.74) is 1.56. The van der Waals surface area contributed by atoms with E-state index in [2.05, 4.69) is 0 Å². The van der Waals surface area contributed by atoms with Gasteiger partial charge in [-0.1, -0.05) is 0 Å². The summed E-state index contributed by atoms with van der Waals surface area (Å²) in [5.74, 6) is -0.525. The van der Waals surface area contributed by atoms with E-state index in [1.807, 2.05) is 0 Å². The number of hydrogen-bond donors (Lipinski definition) is 1. The van der Waals surface area contributed by atoms with E-state index in [1.165, 1.54) is 12.1 Å². The van der Waals surface area contributed by atoms with E-state index >= 15 is 0 Å². The van der Waals surface area contributed by atoms with E-state index in [4.69, 9.17) is 9.84 Å². The lowest BCUT2D eigenvalue weighted by Gasteiger charge is -2.20. The summed E-state index contributed by atoms with van der Waals surface area (Å²) in [6, 6.07) is 3.03. The lowest BCUT2D eigenvalue weighted by molar-refractivity contribution is 0.0696. The lowest BCUT2D eigenvalue weighted by Crippen LogP contribution is -2.32. The molecule has 0 bridgehead atoms. The van der Waals surface area contributed by atoms with Gasteiger partial charge in [-0.25, -0.2) is 13.2 Å². The molecule has 0 fully saturated rings. The molecule has 1 rings (SSSR count). The molecule has 1 aromatic carbocycles. The van der Waals surface area contributed by atoms with Crippen LogP contribution in [0.2, 0.25) is 0 Å². The van der Waals surface area contributed by atoms with Crippen LogP contribution in [0, 0.1) is 13.8 Å². The van der Waals surface area contributed by atoms with Crippen molar-refractivity contribution in [1.29, 1.82) is 0 Å². The van der Waals surface area contributed by atoms with Crippen LogP contribution in [-0.4, -0.2) is 36.6 Å². The molecule has 5 nitrogen and oxygen atoms in total. The molecule has 1 aromatic rings. The molecular weight excluding hydrogens is 292 g/mol. The van der Waals surface area contributed by atoms with Gasteiger partial charge in [-0.05, 0) is 57.9 Å². The molecule has 0 amide bonds. The van der Waals surface area contributed by atoms with Crippen LogP contribution >= 0.6 is 0 Å². The first-order valence-electron chi connectivity index (χ1n) is 6.65. The number of benzene rings is 1. The van der Waals surface area contributed by atoms with Gasteiger partial charge in [0.2, 0.25) is 0 Å². The summed E-state index contributed by atoms with van der Waals surface area (Å²) in [7, 11) is -3.23. The van der Waals surface area contributed by atoms with Crippen molar-refractivity contribution in [1.82, 2.24) is 0 Å². The monoisotopic (exact) mass is 314 g/mol. The van der Waals surface area contributed by atoms with Crippen LogP contribution in [-0.2, 0) is 9.84 Å². The third-order valence-electron chi connectivity index (χ3n) is 3.24. The third kappa shape index (κ3) is 4.20. The molecule has 118 valence electrons. The molecule has 0 saturated carbocycles. The minimum absolute atomic E-state index is 0.0493. The molecule has 6 heteroatoms. The van der Waals surface area contributed by atoms with Crippen LogP contribution in [0.15, 0.2) is 12.1 Å². The Labute approximate surface area is 125 Å². The van der Waals surface area contributed by atoms with Gasteiger partial charge < -0.3 is 9.84 Å². The van der Waals surface area contributed by atoms with Crippen molar-refractivity contribution in [3.63, 3.8) is 0 Å². The highest BCUT2D eigenvalue weighted by molar-refractivity contribution is 7.92. The average molecular weight is 314 g/mol. The minimum atomic E-state index is -3.23. The van der Waals surface area contributed by atoms with Crippen LogP contribution in [0.3, 0.4) is 0 Å². The number of ether oxygens (including phenoxy) is 1. The highest BCUT2D eigenvalue weighted by atomic mass is 32.2. The predicted molar refractivity (Wildman–Crippen MR) is 81.9 cm³/mol. The van der Waals surface area contributed by atoms with Gasteiger partial charge in [-0.15, -0.1) is 0 Å². The zero-order valence-corrected chi connectivity index (χ0v) is 13.9. The quantitative estimate of drug-likeness (QED) is 0.903. The first-order chi connectivity index (χ1) is 9.45. The van der Waals surface area contributed by atoms with Crippen molar-refractivity contribution in [2.75, 3.05) is 12.4 Å². The molecule has 0 atom stereocenters. The SMILES string of the molecule is Cc1cc(C(=O)O)cc(C)c1OCCS(=O)(=O)C(C)(C)C. The fourth-order valence-corrected chi connectivity index (χ4v) is 2.78. The van der Waals surface area contributed by atoms with Crippen molar-refractivity contribution in [3.8, 4) is 5.75 Å². The highest BCUT2D eigenvalue weighted by Crippen LogP contribution is 2.25. The number of carboxylic acid groups (broad SMARTS) is 1. The molecule has 0 spiro atoms. The Bertz CT molecular complexity index is 616. The van der Waals surface area contributed by atoms with Crippen LogP contribution < -0.4 is 4.74 Å². The van der Waals surface area contributed by atoms with E-state index in [0.717, 1.165) is 0 Å². The van der Waals surface area contributed by atoms with E-state index in [9.17, 15) is 13.2 Å². The molecule has 0 aliphatic carbocycles. The standard InChI is InChI=1S/C15H22O5S/c1-10-8-12(14(16)17)9-11(2)13(10)20-6-7-21(18,19)15(3,4)5/h8-9H,6-7H2,1-5H3,(H,16,17). The maximum atomic E-state index is 12.0. The zero-order chi connectivity index (χ0) is 16.4. The Morgan fingerprint density at radius 3 is 2.05 bits per heavy atom. The molecule has 21 heavy (non-hydrogen) atoms. The Kier molecular flexibility index (Phi) is 5.04. The van der Waals surface area contributed by atoms with Gasteiger partial charge in [-0.2, -0.15) is 0 Å². The molecule has 0 radical (unpaired) electrons. The fraction of sp³-hybridized carbons (Fsp3) is 0.533. The Hall–Kier alpha value is -1.56. The molecule has 0 aliphatic heterocycles. The Balaban J connectivity index is 2.85. The van der Waals surface area contributed by atoms with E-state index in [0.29, 0.717) is 16.9 Å². The van der Waals surface area contributed by atoms with Gasteiger partial charge in [0.15, 0.2) is 9.84 Å². The topological polar surface area (TPSA) is 80.7 Å². The predicted octanol–water partition coefficient (Wildman–Crippen LogP) is 2.59. The average Bonchev–Trinajstić information content (AvgIpc) is 2.30. The van der Waals surface area contributed by atoms with Crippen LogP contribution in [0.1, 0.15) is 42.3 Å². The molecular formula is C15H22O5S. The highest BCUT2D eigenvalue weighted by Gasteiger charge is 2.28. The summed E-state index contributed by atoms with van der Waals surface area (Å²) in [6.45, 7) is 8.50. The summed E-state index contributed by atoms with van der Waals surface area (Å²) in [5, 5.41) is 8.98. The number of aryl methyl sites for hydroxylation is 2. The van der Waals surface area contributed by atoms with E-state index in [-0.39, 0.29) is 17.9 Å². The van der Waals surface area contributed by atoms with Crippen molar-refractivity contribution in [2.24, 2.45) is 0 Å². The molecule has 0 heterocycles. The number of hydrogen-bond acceptors (Lipinski definition) is 4.